The molecule has 0 aromatic heterocycles. The molecular formula is C14H23NO3. The van der Waals surface area contributed by atoms with E-state index in [2.05, 4.69) is 4.99 Å². The lowest BCUT2D eigenvalue weighted by Gasteiger charge is -2.34. The molecule has 0 heterocycles. The average molecular weight is 253 g/mol. The Labute approximate surface area is 108 Å². The third kappa shape index (κ3) is 3.73. The molecule has 4 heteroatoms. The van der Waals surface area contributed by atoms with E-state index < -0.39 is 5.92 Å². The molecule has 1 atom stereocenters. The maximum Gasteiger partial charge on any atom is 0.149 e. The van der Waals surface area contributed by atoms with Gasteiger partial charge in [0.25, 0.3) is 0 Å². The molecule has 0 amide bonds. The first-order valence-electron chi connectivity index (χ1n) is 6.61. The van der Waals surface area contributed by atoms with E-state index in [0.717, 1.165) is 6.42 Å². The summed E-state index contributed by atoms with van der Waals surface area (Å²) in [4.78, 5) is 28.4. The van der Waals surface area contributed by atoms with Crippen LogP contribution < -0.4 is 0 Å². The average Bonchev–Trinajstić information content (AvgIpc) is 2.24. The molecule has 1 rings (SSSR count). The molecule has 0 saturated heterocycles. The van der Waals surface area contributed by atoms with Crippen LogP contribution in [0.2, 0.25) is 0 Å². The highest BCUT2D eigenvalue weighted by atomic mass is 16.3. The molecular weight excluding hydrogens is 230 g/mol. The molecule has 1 fully saturated rings. The second-order valence-corrected chi connectivity index (χ2v) is 5.73. The molecule has 18 heavy (non-hydrogen) atoms. The normalized spacial score (nSPS) is 25.4. The quantitative estimate of drug-likeness (QED) is 0.760. The molecule has 0 spiro atoms. The van der Waals surface area contributed by atoms with Crippen LogP contribution in [0.3, 0.4) is 0 Å². The molecule has 1 saturated carbocycles. The molecule has 0 bridgehead atoms. The van der Waals surface area contributed by atoms with Gasteiger partial charge in [-0.3, -0.25) is 14.6 Å². The number of hydrogen-bond acceptors (Lipinski definition) is 4. The van der Waals surface area contributed by atoms with Crippen molar-refractivity contribution in [1.29, 1.82) is 0 Å². The highest BCUT2D eigenvalue weighted by molar-refractivity contribution is 6.22. The van der Waals surface area contributed by atoms with Crippen LogP contribution in [0.15, 0.2) is 4.99 Å². The number of ketones is 2. The van der Waals surface area contributed by atoms with Crippen LogP contribution >= 0.6 is 0 Å². The smallest absolute Gasteiger partial charge is 0.149 e. The Morgan fingerprint density at radius 3 is 2.67 bits per heavy atom. The first kappa shape index (κ1) is 15.0. The van der Waals surface area contributed by atoms with E-state index in [-0.39, 0.29) is 30.1 Å². The molecule has 0 aromatic rings. The highest BCUT2D eigenvalue weighted by Gasteiger charge is 2.41. The minimum absolute atomic E-state index is 0.0126. The topological polar surface area (TPSA) is 66.7 Å². The Bertz CT molecular complexity index is 358. The number of aliphatic imine (C=N–C) groups is 1. The van der Waals surface area contributed by atoms with Crippen LogP contribution in [0.1, 0.15) is 46.5 Å². The van der Waals surface area contributed by atoms with Crippen molar-refractivity contribution in [2.45, 2.75) is 46.5 Å². The maximum absolute atomic E-state index is 12.1. The summed E-state index contributed by atoms with van der Waals surface area (Å²) in [5.74, 6) is -0.680. The highest BCUT2D eigenvalue weighted by Crippen LogP contribution is 2.35. The van der Waals surface area contributed by atoms with E-state index in [9.17, 15) is 9.59 Å². The summed E-state index contributed by atoms with van der Waals surface area (Å²) >= 11 is 0. The van der Waals surface area contributed by atoms with Gasteiger partial charge in [-0.05, 0) is 18.3 Å². The van der Waals surface area contributed by atoms with Crippen molar-refractivity contribution >= 4 is 17.3 Å². The Balaban J connectivity index is 2.96. The molecule has 0 aliphatic heterocycles. The van der Waals surface area contributed by atoms with Crippen LogP contribution in [-0.4, -0.2) is 35.5 Å². The summed E-state index contributed by atoms with van der Waals surface area (Å²) in [7, 11) is 0. The fraction of sp³-hybridized carbons (Fsp3) is 0.786. The Morgan fingerprint density at radius 1 is 1.44 bits per heavy atom. The minimum Gasteiger partial charge on any atom is -0.394 e. The van der Waals surface area contributed by atoms with Gasteiger partial charge < -0.3 is 5.11 Å². The van der Waals surface area contributed by atoms with E-state index in [1.54, 1.807) is 0 Å². The summed E-state index contributed by atoms with van der Waals surface area (Å²) < 4.78 is 0. The predicted octanol–water partition coefficient (Wildman–Crippen LogP) is 1.79. The fourth-order valence-corrected chi connectivity index (χ4v) is 2.51. The zero-order chi connectivity index (χ0) is 13.8. The number of Topliss-reactive ketones (excluding diaryl/α,β-unsaturated/α-hetero) is 2. The summed E-state index contributed by atoms with van der Waals surface area (Å²) in [5.41, 5.74) is 0.540. The SMILES string of the molecule is CCCC(=O)[C@H]1C(=O)CC(C)(C)CC1=NCCO. The van der Waals surface area contributed by atoms with E-state index in [4.69, 9.17) is 5.11 Å². The summed E-state index contributed by atoms with van der Waals surface area (Å²) in [6.07, 6.45) is 2.28. The lowest BCUT2D eigenvalue weighted by Crippen LogP contribution is -2.42. The van der Waals surface area contributed by atoms with Crippen LogP contribution in [0.4, 0.5) is 0 Å². The van der Waals surface area contributed by atoms with Gasteiger partial charge in [-0.2, -0.15) is 0 Å². The molecule has 0 radical (unpaired) electrons. The second-order valence-electron chi connectivity index (χ2n) is 5.73. The van der Waals surface area contributed by atoms with Crippen molar-refractivity contribution in [3.8, 4) is 0 Å². The van der Waals surface area contributed by atoms with E-state index in [0.29, 0.717) is 25.0 Å². The van der Waals surface area contributed by atoms with Gasteiger partial charge in [-0.25, -0.2) is 0 Å². The van der Waals surface area contributed by atoms with Gasteiger partial charge in [0, 0.05) is 18.6 Å². The van der Waals surface area contributed by atoms with Gasteiger partial charge in [0.05, 0.1) is 13.2 Å². The molecule has 1 aliphatic carbocycles. The van der Waals surface area contributed by atoms with E-state index in [1.807, 2.05) is 20.8 Å². The van der Waals surface area contributed by atoms with Crippen molar-refractivity contribution in [2.75, 3.05) is 13.2 Å². The van der Waals surface area contributed by atoms with E-state index >= 15 is 0 Å². The van der Waals surface area contributed by atoms with Gasteiger partial charge >= 0.3 is 0 Å². The van der Waals surface area contributed by atoms with Crippen LogP contribution in [0, 0.1) is 11.3 Å². The maximum atomic E-state index is 12.1. The third-order valence-electron chi connectivity index (χ3n) is 3.20. The van der Waals surface area contributed by atoms with E-state index in [1.165, 1.54) is 0 Å². The van der Waals surface area contributed by atoms with Crippen molar-refractivity contribution < 1.29 is 14.7 Å². The number of carbonyl (C=O) groups excluding carboxylic acids is 2. The number of aliphatic hydroxyl groups is 1. The lowest BCUT2D eigenvalue weighted by molar-refractivity contribution is -0.132. The molecule has 102 valence electrons. The summed E-state index contributed by atoms with van der Waals surface area (Å²) in [6, 6.07) is 0. The summed E-state index contributed by atoms with van der Waals surface area (Å²) in [5, 5.41) is 8.84. The van der Waals surface area contributed by atoms with Crippen LogP contribution in [-0.2, 0) is 9.59 Å². The number of hydrogen-bond donors (Lipinski definition) is 1. The monoisotopic (exact) mass is 253 g/mol. The first-order chi connectivity index (χ1) is 8.41. The van der Waals surface area contributed by atoms with Gasteiger partial charge in [-0.15, -0.1) is 0 Å². The predicted molar refractivity (Wildman–Crippen MR) is 70.8 cm³/mol. The number of aliphatic hydroxyl groups excluding tert-OH is 1. The number of rotatable bonds is 5. The number of nitrogens with zero attached hydrogens (tertiary/aromatic N) is 1. The van der Waals surface area contributed by atoms with Crippen LogP contribution in [0.25, 0.3) is 0 Å². The minimum atomic E-state index is -0.649. The molecule has 1 aliphatic rings. The molecule has 4 nitrogen and oxygen atoms in total. The first-order valence-corrected chi connectivity index (χ1v) is 6.61. The van der Waals surface area contributed by atoms with Crippen molar-refractivity contribution in [1.82, 2.24) is 0 Å². The van der Waals surface area contributed by atoms with Crippen LogP contribution in [0.5, 0.6) is 0 Å². The molecule has 0 aromatic carbocycles. The third-order valence-corrected chi connectivity index (χ3v) is 3.20. The van der Waals surface area contributed by atoms with Gasteiger partial charge in [0.2, 0.25) is 0 Å². The standard InChI is InChI=1S/C14H23NO3/c1-4-5-11(17)13-10(15-6-7-16)8-14(2,3)9-12(13)18/h13,16H,4-9H2,1-3H3/t13-/m0/s1. The van der Waals surface area contributed by atoms with Crippen molar-refractivity contribution in [3.05, 3.63) is 0 Å². The lowest BCUT2D eigenvalue weighted by atomic mass is 9.69. The largest absolute Gasteiger partial charge is 0.394 e. The van der Waals surface area contributed by atoms with Gasteiger partial charge in [-0.1, -0.05) is 20.8 Å². The Hall–Kier alpha value is -1.03. The number of carbonyl (C=O) groups is 2. The van der Waals surface area contributed by atoms with Crippen molar-refractivity contribution in [2.24, 2.45) is 16.3 Å². The summed E-state index contributed by atoms with van der Waals surface area (Å²) in [6.45, 7) is 6.18. The fourth-order valence-electron chi connectivity index (χ4n) is 2.51. The van der Waals surface area contributed by atoms with Gasteiger partial charge in [0.15, 0.2) is 0 Å². The second kappa shape index (κ2) is 6.23. The Kier molecular flexibility index (Phi) is 5.20. The zero-order valence-electron chi connectivity index (χ0n) is 11.5. The molecule has 0 unspecified atom stereocenters. The van der Waals surface area contributed by atoms with Crippen molar-refractivity contribution in [3.63, 3.8) is 0 Å². The van der Waals surface area contributed by atoms with Gasteiger partial charge in [0.1, 0.15) is 17.5 Å². The Morgan fingerprint density at radius 2 is 2.11 bits per heavy atom. The zero-order valence-corrected chi connectivity index (χ0v) is 11.5. The molecule has 1 N–H and O–H groups in total.